The topological polar surface area (TPSA) is 121 Å². The SMILES string of the molecule is CCC1Oc2ccc([N+](=O)[O-])nc2N(CCOCCN)C1=O. The maximum absolute atomic E-state index is 12.4. The molecule has 9 nitrogen and oxygen atoms in total. The van der Waals surface area contributed by atoms with E-state index in [0.717, 1.165) is 0 Å². The molecule has 0 aliphatic carbocycles. The molecule has 2 rings (SSSR count). The van der Waals surface area contributed by atoms with Crippen LogP contribution in [0.15, 0.2) is 12.1 Å². The van der Waals surface area contributed by atoms with E-state index in [1.807, 2.05) is 6.92 Å². The fraction of sp³-hybridized carbons (Fsp3) is 0.538. The molecule has 0 saturated heterocycles. The van der Waals surface area contributed by atoms with Crippen molar-refractivity contribution in [3.63, 3.8) is 0 Å². The molecule has 2 N–H and O–H groups in total. The van der Waals surface area contributed by atoms with Crippen molar-refractivity contribution in [2.75, 3.05) is 31.2 Å². The number of nitrogens with zero attached hydrogens (tertiary/aromatic N) is 3. The van der Waals surface area contributed by atoms with Crippen LogP contribution in [-0.4, -0.2) is 48.2 Å². The van der Waals surface area contributed by atoms with Crippen molar-refractivity contribution in [2.24, 2.45) is 5.73 Å². The largest absolute Gasteiger partial charge is 0.474 e. The highest BCUT2D eigenvalue weighted by Crippen LogP contribution is 2.34. The Kier molecular flexibility index (Phi) is 5.23. The van der Waals surface area contributed by atoms with Crippen molar-refractivity contribution < 1.29 is 19.2 Å². The molecule has 0 radical (unpaired) electrons. The number of nitro groups is 1. The summed E-state index contributed by atoms with van der Waals surface area (Å²) in [4.78, 5) is 27.9. The number of nitrogens with two attached hydrogens (primary N) is 1. The summed E-state index contributed by atoms with van der Waals surface area (Å²) in [5, 5.41) is 10.9. The highest BCUT2D eigenvalue weighted by Gasteiger charge is 2.37. The van der Waals surface area contributed by atoms with Crippen LogP contribution >= 0.6 is 0 Å². The first-order chi connectivity index (χ1) is 10.6. The summed E-state index contributed by atoms with van der Waals surface area (Å²) in [5.41, 5.74) is 5.34. The van der Waals surface area contributed by atoms with E-state index in [-0.39, 0.29) is 30.7 Å². The Hall–Kier alpha value is -2.26. The number of carbonyl (C=O) groups excluding carboxylic acids is 1. The highest BCUT2D eigenvalue weighted by atomic mass is 16.6. The van der Waals surface area contributed by atoms with E-state index in [0.29, 0.717) is 25.3 Å². The number of hydrogen-bond donors (Lipinski definition) is 1. The van der Waals surface area contributed by atoms with Crippen LogP contribution in [0.5, 0.6) is 5.75 Å². The maximum Gasteiger partial charge on any atom is 0.366 e. The predicted molar refractivity (Wildman–Crippen MR) is 77.8 cm³/mol. The van der Waals surface area contributed by atoms with Crippen LogP contribution in [0.2, 0.25) is 0 Å². The Bertz CT molecular complexity index is 565. The molecule has 1 aliphatic heterocycles. The zero-order valence-corrected chi connectivity index (χ0v) is 12.2. The molecule has 0 bridgehead atoms. The van der Waals surface area contributed by atoms with Crippen LogP contribution in [0, 0.1) is 10.1 Å². The van der Waals surface area contributed by atoms with E-state index in [1.165, 1.54) is 17.0 Å². The van der Waals surface area contributed by atoms with Gasteiger partial charge in [-0.1, -0.05) is 6.92 Å². The summed E-state index contributed by atoms with van der Waals surface area (Å²) in [7, 11) is 0. The summed E-state index contributed by atoms with van der Waals surface area (Å²) < 4.78 is 10.8. The van der Waals surface area contributed by atoms with Crippen LogP contribution in [0.4, 0.5) is 11.6 Å². The molecule has 1 aliphatic rings. The average molecular weight is 310 g/mol. The van der Waals surface area contributed by atoms with Crippen molar-refractivity contribution >= 4 is 17.5 Å². The Balaban J connectivity index is 2.27. The number of rotatable bonds is 7. The van der Waals surface area contributed by atoms with Crippen LogP contribution in [0.3, 0.4) is 0 Å². The second kappa shape index (κ2) is 7.14. The van der Waals surface area contributed by atoms with Gasteiger partial charge in [0.1, 0.15) is 0 Å². The van der Waals surface area contributed by atoms with Crippen molar-refractivity contribution in [3.05, 3.63) is 22.2 Å². The Morgan fingerprint density at radius 3 is 2.91 bits per heavy atom. The molecule has 1 aromatic rings. The van der Waals surface area contributed by atoms with Gasteiger partial charge < -0.3 is 25.3 Å². The standard InChI is InChI=1S/C13H18N4O5/c1-2-9-13(18)16(6-8-21-7-5-14)12-10(22-9)3-4-11(15-12)17(19)20/h3-4,9H,2,5-8,14H2,1H3. The molecule has 22 heavy (non-hydrogen) atoms. The van der Waals surface area contributed by atoms with Gasteiger partial charge in [-0.15, -0.1) is 0 Å². The summed E-state index contributed by atoms with van der Waals surface area (Å²) >= 11 is 0. The highest BCUT2D eigenvalue weighted by molar-refractivity contribution is 5.99. The van der Waals surface area contributed by atoms with Gasteiger partial charge in [0.25, 0.3) is 11.7 Å². The van der Waals surface area contributed by atoms with Gasteiger partial charge in [-0.2, -0.15) is 0 Å². The number of ether oxygens (including phenoxy) is 2. The second-order valence-electron chi connectivity index (χ2n) is 4.65. The molecule has 1 amide bonds. The van der Waals surface area contributed by atoms with Gasteiger partial charge in [-0.05, 0) is 22.4 Å². The third kappa shape index (κ3) is 3.31. The van der Waals surface area contributed by atoms with Crippen LogP contribution < -0.4 is 15.4 Å². The molecule has 0 saturated carbocycles. The van der Waals surface area contributed by atoms with Gasteiger partial charge in [-0.25, -0.2) is 0 Å². The Morgan fingerprint density at radius 1 is 1.50 bits per heavy atom. The fourth-order valence-corrected chi connectivity index (χ4v) is 2.11. The lowest BCUT2D eigenvalue weighted by molar-refractivity contribution is -0.389. The lowest BCUT2D eigenvalue weighted by Gasteiger charge is -2.30. The predicted octanol–water partition coefficient (Wildman–Crippen LogP) is 0.469. The van der Waals surface area contributed by atoms with Crippen LogP contribution in [-0.2, 0) is 9.53 Å². The number of amides is 1. The molecule has 0 spiro atoms. The number of pyridine rings is 1. The molecule has 1 unspecified atom stereocenters. The van der Waals surface area contributed by atoms with E-state index in [9.17, 15) is 14.9 Å². The molecule has 1 aromatic heterocycles. The van der Waals surface area contributed by atoms with E-state index < -0.39 is 11.0 Å². The third-order valence-corrected chi connectivity index (χ3v) is 3.17. The first kappa shape index (κ1) is 16.1. The van der Waals surface area contributed by atoms with Gasteiger partial charge >= 0.3 is 5.82 Å². The molecule has 120 valence electrons. The first-order valence-corrected chi connectivity index (χ1v) is 6.99. The van der Waals surface area contributed by atoms with Crippen molar-refractivity contribution in [1.82, 2.24) is 4.98 Å². The van der Waals surface area contributed by atoms with Gasteiger partial charge in [0.2, 0.25) is 0 Å². The Morgan fingerprint density at radius 2 is 2.27 bits per heavy atom. The average Bonchev–Trinajstić information content (AvgIpc) is 2.52. The zero-order chi connectivity index (χ0) is 16.1. The number of hydrogen-bond acceptors (Lipinski definition) is 7. The maximum atomic E-state index is 12.4. The molecule has 9 heteroatoms. The summed E-state index contributed by atoms with van der Waals surface area (Å²) in [6.45, 7) is 3.10. The quantitative estimate of drug-likeness (QED) is 0.441. The molecule has 2 heterocycles. The number of anilines is 1. The van der Waals surface area contributed by atoms with Gasteiger partial charge in [-0.3, -0.25) is 9.69 Å². The summed E-state index contributed by atoms with van der Waals surface area (Å²) in [6.07, 6.45) is -0.125. The smallest absolute Gasteiger partial charge is 0.366 e. The number of carbonyl (C=O) groups is 1. The van der Waals surface area contributed by atoms with E-state index in [2.05, 4.69) is 4.98 Å². The lowest BCUT2D eigenvalue weighted by atomic mass is 10.2. The monoisotopic (exact) mass is 310 g/mol. The molecule has 1 atom stereocenters. The minimum absolute atomic E-state index is 0.153. The normalized spacial score (nSPS) is 17.1. The third-order valence-electron chi connectivity index (χ3n) is 3.17. The van der Waals surface area contributed by atoms with Crippen molar-refractivity contribution in [2.45, 2.75) is 19.4 Å². The van der Waals surface area contributed by atoms with E-state index in [4.69, 9.17) is 15.2 Å². The van der Waals surface area contributed by atoms with Crippen LogP contribution in [0.1, 0.15) is 13.3 Å². The van der Waals surface area contributed by atoms with Crippen molar-refractivity contribution in [1.29, 1.82) is 0 Å². The molecular weight excluding hydrogens is 292 g/mol. The van der Waals surface area contributed by atoms with Crippen LogP contribution in [0.25, 0.3) is 0 Å². The van der Waals surface area contributed by atoms with E-state index >= 15 is 0 Å². The number of fused-ring (bicyclic) bond motifs is 1. The lowest BCUT2D eigenvalue weighted by Crippen LogP contribution is -2.47. The first-order valence-electron chi connectivity index (χ1n) is 6.99. The molecule has 0 aromatic carbocycles. The molecular formula is C13H18N4O5. The van der Waals surface area contributed by atoms with Gasteiger partial charge in [0.15, 0.2) is 11.9 Å². The van der Waals surface area contributed by atoms with E-state index in [1.54, 1.807) is 0 Å². The minimum Gasteiger partial charge on any atom is -0.474 e. The van der Waals surface area contributed by atoms with Gasteiger partial charge in [0, 0.05) is 12.6 Å². The summed E-state index contributed by atoms with van der Waals surface area (Å²) in [6, 6.07) is 2.72. The van der Waals surface area contributed by atoms with Gasteiger partial charge in [0.05, 0.1) is 19.8 Å². The number of aromatic nitrogens is 1. The summed E-state index contributed by atoms with van der Waals surface area (Å²) in [5.74, 6) is -0.103. The fourth-order valence-electron chi connectivity index (χ4n) is 2.11. The van der Waals surface area contributed by atoms with Crippen molar-refractivity contribution in [3.8, 4) is 5.75 Å². The zero-order valence-electron chi connectivity index (χ0n) is 12.2. The molecule has 0 fully saturated rings. The minimum atomic E-state index is -0.620. The Labute approximate surface area is 127 Å². The second-order valence-corrected chi connectivity index (χ2v) is 4.65.